The summed E-state index contributed by atoms with van der Waals surface area (Å²) in [6.45, 7) is 0. The molecule has 0 atom stereocenters. The van der Waals surface area contributed by atoms with Crippen LogP contribution in [0.15, 0.2) is 30.3 Å². The fraction of sp³-hybridized carbons (Fsp3) is 0. The number of aromatic nitrogens is 1. The molecule has 0 amide bonds. The van der Waals surface area contributed by atoms with Gasteiger partial charge in [-0.25, -0.2) is 0 Å². The van der Waals surface area contributed by atoms with E-state index in [-0.39, 0.29) is 0 Å². The molecule has 0 bridgehead atoms. The van der Waals surface area contributed by atoms with Gasteiger partial charge in [-0.1, -0.05) is 6.07 Å². The Balaban J connectivity index is 2.96. The first-order valence-corrected chi connectivity index (χ1v) is 3.40. The SMILES string of the molecule is Nc1cccc2ccc(N)n12. The Morgan fingerprint density at radius 3 is 2.36 bits per heavy atom. The van der Waals surface area contributed by atoms with Gasteiger partial charge in [0.25, 0.3) is 0 Å². The summed E-state index contributed by atoms with van der Waals surface area (Å²) in [7, 11) is 0. The van der Waals surface area contributed by atoms with Crippen molar-refractivity contribution in [2.24, 2.45) is 0 Å². The van der Waals surface area contributed by atoms with Gasteiger partial charge < -0.3 is 11.5 Å². The summed E-state index contributed by atoms with van der Waals surface area (Å²) in [5.41, 5.74) is 12.4. The van der Waals surface area contributed by atoms with Crippen molar-refractivity contribution in [3.63, 3.8) is 0 Å². The Bertz CT molecular complexity index is 389. The lowest BCUT2D eigenvalue weighted by atomic mass is 10.4. The van der Waals surface area contributed by atoms with E-state index >= 15 is 0 Å². The van der Waals surface area contributed by atoms with Crippen molar-refractivity contribution in [2.45, 2.75) is 0 Å². The second-order valence-corrected chi connectivity index (χ2v) is 2.47. The molecule has 4 N–H and O–H groups in total. The van der Waals surface area contributed by atoms with E-state index in [9.17, 15) is 0 Å². The molecule has 3 nitrogen and oxygen atoms in total. The maximum absolute atomic E-state index is 5.68. The molecule has 2 aromatic rings. The molecule has 2 heterocycles. The highest BCUT2D eigenvalue weighted by molar-refractivity contribution is 5.61. The smallest absolute Gasteiger partial charge is 0.109 e. The predicted molar refractivity (Wildman–Crippen MR) is 46.2 cm³/mol. The number of nitrogen functional groups attached to an aromatic ring is 2. The van der Waals surface area contributed by atoms with Gasteiger partial charge in [0.15, 0.2) is 0 Å². The molecule has 56 valence electrons. The third kappa shape index (κ3) is 0.741. The summed E-state index contributed by atoms with van der Waals surface area (Å²) >= 11 is 0. The maximum Gasteiger partial charge on any atom is 0.109 e. The number of rotatable bonds is 0. The Labute approximate surface area is 64.2 Å². The minimum atomic E-state index is 0.671. The summed E-state index contributed by atoms with van der Waals surface area (Å²) in [6.07, 6.45) is 0. The number of nitrogens with zero attached hydrogens (tertiary/aromatic N) is 1. The van der Waals surface area contributed by atoms with E-state index in [1.165, 1.54) is 0 Å². The van der Waals surface area contributed by atoms with Crippen molar-refractivity contribution >= 4 is 17.2 Å². The highest BCUT2D eigenvalue weighted by Crippen LogP contribution is 2.15. The lowest BCUT2D eigenvalue weighted by Gasteiger charge is -2.00. The largest absolute Gasteiger partial charge is 0.385 e. The van der Waals surface area contributed by atoms with Crippen molar-refractivity contribution in [1.82, 2.24) is 4.40 Å². The zero-order chi connectivity index (χ0) is 7.84. The summed E-state index contributed by atoms with van der Waals surface area (Å²) in [6, 6.07) is 9.47. The van der Waals surface area contributed by atoms with Gasteiger partial charge in [0, 0.05) is 5.52 Å². The van der Waals surface area contributed by atoms with Gasteiger partial charge in [0.2, 0.25) is 0 Å². The first kappa shape index (κ1) is 6.09. The fourth-order valence-corrected chi connectivity index (χ4v) is 1.22. The van der Waals surface area contributed by atoms with Crippen LogP contribution in [0.2, 0.25) is 0 Å². The molecule has 2 rings (SSSR count). The highest BCUT2D eigenvalue weighted by atomic mass is 15.0. The lowest BCUT2D eigenvalue weighted by Crippen LogP contribution is -1.99. The second-order valence-electron chi connectivity index (χ2n) is 2.47. The number of hydrogen-bond donors (Lipinski definition) is 2. The fourth-order valence-electron chi connectivity index (χ4n) is 1.22. The van der Waals surface area contributed by atoms with E-state index in [1.807, 2.05) is 30.3 Å². The molecule has 0 spiro atoms. The molecule has 0 radical (unpaired) electrons. The van der Waals surface area contributed by atoms with E-state index in [1.54, 1.807) is 4.40 Å². The molecule has 0 saturated carbocycles. The van der Waals surface area contributed by atoms with Crippen molar-refractivity contribution in [2.75, 3.05) is 11.5 Å². The molecule has 0 unspecified atom stereocenters. The van der Waals surface area contributed by atoms with Crippen molar-refractivity contribution in [3.8, 4) is 0 Å². The molecule has 0 aliphatic heterocycles. The number of nitrogens with two attached hydrogens (primary N) is 2. The van der Waals surface area contributed by atoms with Crippen LogP contribution in [-0.4, -0.2) is 4.40 Å². The monoisotopic (exact) mass is 147 g/mol. The topological polar surface area (TPSA) is 56.5 Å². The standard InChI is InChI=1S/C8H9N3/c9-7-3-1-2-6-4-5-8(10)11(6)7/h1-5H,9-10H2. The lowest BCUT2D eigenvalue weighted by molar-refractivity contribution is 1.22. The van der Waals surface area contributed by atoms with Crippen molar-refractivity contribution < 1.29 is 0 Å². The van der Waals surface area contributed by atoms with Crippen LogP contribution in [0.3, 0.4) is 0 Å². The normalized spacial score (nSPS) is 10.5. The van der Waals surface area contributed by atoms with Gasteiger partial charge in [0.1, 0.15) is 11.6 Å². The van der Waals surface area contributed by atoms with Gasteiger partial charge in [-0.15, -0.1) is 0 Å². The van der Waals surface area contributed by atoms with Gasteiger partial charge in [-0.3, -0.25) is 4.40 Å². The zero-order valence-corrected chi connectivity index (χ0v) is 5.99. The number of pyridine rings is 1. The molecular weight excluding hydrogens is 138 g/mol. The van der Waals surface area contributed by atoms with Gasteiger partial charge in [0.05, 0.1) is 0 Å². The molecule has 3 heteroatoms. The van der Waals surface area contributed by atoms with E-state index < -0.39 is 0 Å². The van der Waals surface area contributed by atoms with Crippen LogP contribution < -0.4 is 11.5 Å². The summed E-state index contributed by atoms with van der Waals surface area (Å²) < 4.78 is 1.81. The average Bonchev–Trinajstić information content (AvgIpc) is 2.34. The van der Waals surface area contributed by atoms with E-state index in [0.717, 1.165) is 5.52 Å². The van der Waals surface area contributed by atoms with Gasteiger partial charge in [-0.2, -0.15) is 0 Å². The molecule has 0 aliphatic rings. The Morgan fingerprint density at radius 2 is 1.64 bits per heavy atom. The first-order valence-electron chi connectivity index (χ1n) is 3.40. The molecular formula is C8H9N3. The first-order chi connectivity index (χ1) is 5.29. The minimum absolute atomic E-state index is 0.671. The van der Waals surface area contributed by atoms with Crippen molar-refractivity contribution in [3.05, 3.63) is 30.3 Å². The Hall–Kier alpha value is -1.64. The Kier molecular flexibility index (Phi) is 1.06. The third-order valence-electron chi connectivity index (χ3n) is 1.73. The quantitative estimate of drug-likeness (QED) is 0.586. The van der Waals surface area contributed by atoms with Crippen LogP contribution in [-0.2, 0) is 0 Å². The molecule has 0 aromatic carbocycles. The van der Waals surface area contributed by atoms with Gasteiger partial charge >= 0.3 is 0 Å². The van der Waals surface area contributed by atoms with Crippen LogP contribution in [0.5, 0.6) is 0 Å². The van der Waals surface area contributed by atoms with Crippen LogP contribution in [0.4, 0.5) is 11.6 Å². The third-order valence-corrected chi connectivity index (χ3v) is 1.73. The number of hydrogen-bond acceptors (Lipinski definition) is 2. The Morgan fingerprint density at radius 1 is 0.909 bits per heavy atom. The van der Waals surface area contributed by atoms with Crippen molar-refractivity contribution in [1.29, 1.82) is 0 Å². The van der Waals surface area contributed by atoms with E-state index in [2.05, 4.69) is 0 Å². The van der Waals surface area contributed by atoms with E-state index in [4.69, 9.17) is 11.5 Å². The molecule has 11 heavy (non-hydrogen) atoms. The maximum atomic E-state index is 5.68. The molecule has 0 saturated heterocycles. The minimum Gasteiger partial charge on any atom is -0.385 e. The molecule has 0 fully saturated rings. The summed E-state index contributed by atoms with van der Waals surface area (Å²) in [4.78, 5) is 0. The summed E-state index contributed by atoms with van der Waals surface area (Å²) in [5, 5.41) is 0. The van der Waals surface area contributed by atoms with Crippen LogP contribution in [0, 0.1) is 0 Å². The molecule has 0 aliphatic carbocycles. The highest BCUT2D eigenvalue weighted by Gasteiger charge is 1.98. The van der Waals surface area contributed by atoms with Crippen LogP contribution >= 0.6 is 0 Å². The zero-order valence-electron chi connectivity index (χ0n) is 5.99. The average molecular weight is 147 g/mol. The van der Waals surface area contributed by atoms with Crippen LogP contribution in [0.1, 0.15) is 0 Å². The molecule has 2 aromatic heterocycles. The number of fused-ring (bicyclic) bond motifs is 1. The van der Waals surface area contributed by atoms with Gasteiger partial charge in [-0.05, 0) is 24.3 Å². The van der Waals surface area contributed by atoms with E-state index in [0.29, 0.717) is 11.6 Å². The number of anilines is 2. The summed E-state index contributed by atoms with van der Waals surface area (Å²) in [5.74, 6) is 1.35. The van der Waals surface area contributed by atoms with Crippen LogP contribution in [0.25, 0.3) is 5.52 Å². The second kappa shape index (κ2) is 1.92. The predicted octanol–water partition coefficient (Wildman–Crippen LogP) is 1.10.